The van der Waals surface area contributed by atoms with Crippen molar-refractivity contribution >= 4 is 0 Å². The fraction of sp³-hybridized carbons (Fsp3) is 0.368. The van der Waals surface area contributed by atoms with Crippen molar-refractivity contribution in [2.45, 2.75) is 45.1 Å². The molecule has 0 bridgehead atoms. The van der Waals surface area contributed by atoms with E-state index in [4.69, 9.17) is 5.73 Å². The lowest BCUT2D eigenvalue weighted by Crippen LogP contribution is -2.36. The first kappa shape index (κ1) is 15.7. The molecule has 2 aromatic rings. The van der Waals surface area contributed by atoms with Crippen molar-refractivity contribution in [3.8, 4) is 0 Å². The average Bonchev–Trinajstić information content (AvgIpc) is 2.38. The molecule has 2 rings (SSSR count). The van der Waals surface area contributed by atoms with Crippen molar-refractivity contribution in [1.29, 1.82) is 0 Å². The van der Waals surface area contributed by atoms with Gasteiger partial charge in [0, 0.05) is 11.1 Å². The third kappa shape index (κ3) is 3.70. The number of hydrogen-bond donors (Lipinski definition) is 1. The van der Waals surface area contributed by atoms with Gasteiger partial charge < -0.3 is 5.73 Å². The summed E-state index contributed by atoms with van der Waals surface area (Å²) in [6.07, 6.45) is 0.609. The van der Waals surface area contributed by atoms with Gasteiger partial charge in [-0.25, -0.2) is 4.39 Å². The highest BCUT2D eigenvalue weighted by Crippen LogP contribution is 2.27. The summed E-state index contributed by atoms with van der Waals surface area (Å²) in [6.45, 7) is 8.44. The quantitative estimate of drug-likeness (QED) is 0.880. The molecule has 0 aliphatic rings. The molecule has 112 valence electrons. The van der Waals surface area contributed by atoms with Crippen LogP contribution in [-0.2, 0) is 17.4 Å². The van der Waals surface area contributed by atoms with Gasteiger partial charge in [0.05, 0.1) is 0 Å². The van der Waals surface area contributed by atoms with E-state index in [0.717, 1.165) is 5.56 Å². The van der Waals surface area contributed by atoms with Gasteiger partial charge in [-0.2, -0.15) is 0 Å². The fourth-order valence-electron chi connectivity index (χ4n) is 2.57. The van der Waals surface area contributed by atoms with Crippen molar-refractivity contribution in [2.75, 3.05) is 0 Å². The van der Waals surface area contributed by atoms with Crippen LogP contribution in [0.25, 0.3) is 0 Å². The summed E-state index contributed by atoms with van der Waals surface area (Å²) < 4.78 is 13.9. The van der Waals surface area contributed by atoms with Gasteiger partial charge in [0.1, 0.15) is 5.82 Å². The van der Waals surface area contributed by atoms with Gasteiger partial charge in [-0.05, 0) is 36.0 Å². The zero-order valence-corrected chi connectivity index (χ0v) is 13.3. The van der Waals surface area contributed by atoms with Crippen molar-refractivity contribution in [2.24, 2.45) is 5.73 Å². The Morgan fingerprint density at radius 3 is 2.00 bits per heavy atom. The Balaban J connectivity index is 2.23. The molecule has 0 saturated carbocycles. The average molecular weight is 285 g/mol. The molecule has 1 atom stereocenters. The summed E-state index contributed by atoms with van der Waals surface area (Å²) in [5.74, 6) is -0.242. The zero-order chi connectivity index (χ0) is 15.7. The first-order valence-corrected chi connectivity index (χ1v) is 7.33. The van der Waals surface area contributed by atoms with E-state index in [1.807, 2.05) is 13.0 Å². The van der Waals surface area contributed by atoms with E-state index in [1.54, 1.807) is 12.1 Å². The predicted octanol–water partition coefficient (Wildman–Crippen LogP) is 4.54. The van der Waals surface area contributed by atoms with Gasteiger partial charge in [0.2, 0.25) is 0 Å². The Kier molecular flexibility index (Phi) is 4.20. The van der Waals surface area contributed by atoms with Crippen LogP contribution in [0.5, 0.6) is 0 Å². The van der Waals surface area contributed by atoms with Gasteiger partial charge in [-0.15, -0.1) is 0 Å². The molecule has 21 heavy (non-hydrogen) atoms. The molecule has 0 radical (unpaired) electrons. The third-order valence-electron chi connectivity index (χ3n) is 3.88. The smallest absolute Gasteiger partial charge is 0.128 e. The number of hydrogen-bond acceptors (Lipinski definition) is 1. The van der Waals surface area contributed by atoms with Crippen LogP contribution >= 0.6 is 0 Å². The van der Waals surface area contributed by atoms with E-state index in [-0.39, 0.29) is 11.2 Å². The molecule has 0 amide bonds. The minimum absolute atomic E-state index is 0.135. The van der Waals surface area contributed by atoms with Gasteiger partial charge in [0.25, 0.3) is 0 Å². The number of halogens is 1. The summed E-state index contributed by atoms with van der Waals surface area (Å²) in [7, 11) is 0. The lowest BCUT2D eigenvalue weighted by molar-refractivity contribution is 0.457. The minimum atomic E-state index is -0.714. The molecule has 1 nitrogen and oxygen atoms in total. The Morgan fingerprint density at radius 1 is 0.905 bits per heavy atom. The van der Waals surface area contributed by atoms with E-state index >= 15 is 0 Å². The number of benzene rings is 2. The Bertz CT molecular complexity index is 606. The summed E-state index contributed by atoms with van der Waals surface area (Å²) in [6, 6.07) is 15.2. The number of nitrogens with two attached hydrogens (primary N) is 1. The van der Waals surface area contributed by atoms with Crippen LogP contribution in [0.3, 0.4) is 0 Å². The van der Waals surface area contributed by atoms with Crippen LogP contribution in [-0.4, -0.2) is 0 Å². The monoisotopic (exact) mass is 285 g/mol. The van der Waals surface area contributed by atoms with Crippen LogP contribution in [0.2, 0.25) is 0 Å². The van der Waals surface area contributed by atoms with Gasteiger partial charge in [-0.3, -0.25) is 0 Å². The predicted molar refractivity (Wildman–Crippen MR) is 86.8 cm³/mol. The molecule has 2 N–H and O–H groups in total. The molecule has 0 saturated heterocycles. The molecule has 2 heteroatoms. The normalized spacial score (nSPS) is 14.8. The van der Waals surface area contributed by atoms with Gasteiger partial charge in [0.15, 0.2) is 0 Å². The largest absolute Gasteiger partial charge is 0.321 e. The van der Waals surface area contributed by atoms with E-state index < -0.39 is 5.54 Å². The lowest BCUT2D eigenvalue weighted by Gasteiger charge is -2.26. The van der Waals surface area contributed by atoms with Crippen molar-refractivity contribution in [3.63, 3.8) is 0 Å². The summed E-state index contributed by atoms with van der Waals surface area (Å²) >= 11 is 0. The van der Waals surface area contributed by atoms with E-state index in [2.05, 4.69) is 45.0 Å². The lowest BCUT2D eigenvalue weighted by atomic mass is 9.83. The fourth-order valence-corrected chi connectivity index (χ4v) is 2.57. The highest BCUT2D eigenvalue weighted by Gasteiger charge is 2.25. The second kappa shape index (κ2) is 5.61. The van der Waals surface area contributed by atoms with Crippen LogP contribution in [0.15, 0.2) is 48.5 Å². The molecular weight excluding hydrogens is 261 g/mol. The molecule has 1 unspecified atom stereocenters. The highest BCUT2D eigenvalue weighted by atomic mass is 19.1. The van der Waals surface area contributed by atoms with E-state index in [0.29, 0.717) is 12.0 Å². The molecule has 2 aromatic carbocycles. The van der Waals surface area contributed by atoms with Gasteiger partial charge in [-0.1, -0.05) is 63.2 Å². The molecule has 0 aliphatic heterocycles. The van der Waals surface area contributed by atoms with E-state index in [1.165, 1.54) is 11.6 Å². The Labute approximate surface area is 127 Å². The first-order valence-electron chi connectivity index (χ1n) is 7.33. The van der Waals surface area contributed by atoms with Crippen LogP contribution in [0.1, 0.15) is 44.4 Å². The molecule has 0 spiro atoms. The molecule has 0 aliphatic carbocycles. The van der Waals surface area contributed by atoms with Crippen molar-refractivity contribution in [1.82, 2.24) is 0 Å². The molecule has 0 fully saturated rings. The third-order valence-corrected chi connectivity index (χ3v) is 3.88. The molecule has 0 aromatic heterocycles. The summed E-state index contributed by atoms with van der Waals surface area (Å²) in [5, 5.41) is 0. The summed E-state index contributed by atoms with van der Waals surface area (Å²) in [4.78, 5) is 0. The first-order chi connectivity index (χ1) is 9.70. The Hall–Kier alpha value is -1.67. The molecule has 0 heterocycles. The van der Waals surface area contributed by atoms with E-state index in [9.17, 15) is 4.39 Å². The summed E-state index contributed by atoms with van der Waals surface area (Å²) in [5.41, 5.74) is 8.75. The maximum Gasteiger partial charge on any atom is 0.128 e. The standard InChI is InChI=1S/C19H24FN/c1-18(2,3)15-11-9-14(10-12-15)13-19(4,21)16-7-5-6-8-17(16)20/h5-12H,13,21H2,1-4H3. The van der Waals surface area contributed by atoms with Crippen LogP contribution in [0, 0.1) is 5.82 Å². The zero-order valence-electron chi connectivity index (χ0n) is 13.3. The maximum atomic E-state index is 13.9. The van der Waals surface area contributed by atoms with Crippen LogP contribution < -0.4 is 5.73 Å². The number of rotatable bonds is 3. The second-order valence-corrected chi connectivity index (χ2v) is 7.02. The highest BCUT2D eigenvalue weighted by molar-refractivity contribution is 5.32. The maximum absolute atomic E-state index is 13.9. The minimum Gasteiger partial charge on any atom is -0.321 e. The Morgan fingerprint density at radius 2 is 1.48 bits per heavy atom. The van der Waals surface area contributed by atoms with Crippen molar-refractivity contribution in [3.05, 3.63) is 71.0 Å². The molecular formula is C19H24FN. The topological polar surface area (TPSA) is 26.0 Å². The van der Waals surface area contributed by atoms with Crippen molar-refractivity contribution < 1.29 is 4.39 Å². The SMILES string of the molecule is CC(C)(C)c1ccc(CC(C)(N)c2ccccc2F)cc1. The van der Waals surface area contributed by atoms with Crippen LogP contribution in [0.4, 0.5) is 4.39 Å². The van der Waals surface area contributed by atoms with Gasteiger partial charge >= 0.3 is 0 Å². The second-order valence-electron chi connectivity index (χ2n) is 7.02.